The first-order valence-electron chi connectivity index (χ1n) is 13.2. The number of aryl methyl sites for hydroxylation is 1. The minimum absolute atomic E-state index is 0.0289. The standard InChI is InChI=1S/C18H18N4O4.C14H12O2/c23-9-1-8-19-17(24)14-6-7-16-15(10-14)20-21-22(16)11-12-2-4-13(5-3-12)18(25)26;1-10-7-8-12(9-13(10)14(15)16)11-5-3-2-4-6-11/h2-7,10,23H,1,8-9,11H2,(H,19,24)(H,25,26);2-9H,1H3,(H,15,16). The number of aromatic carboxylic acids is 2. The van der Waals surface area contributed by atoms with Crippen LogP contribution in [0.2, 0.25) is 0 Å². The van der Waals surface area contributed by atoms with Crippen molar-refractivity contribution >= 4 is 28.9 Å². The van der Waals surface area contributed by atoms with Crippen molar-refractivity contribution < 1.29 is 29.7 Å². The second kappa shape index (κ2) is 13.8. The fourth-order valence-electron chi connectivity index (χ4n) is 4.20. The molecule has 4 aromatic carbocycles. The summed E-state index contributed by atoms with van der Waals surface area (Å²) in [5.74, 6) is -2.07. The molecule has 42 heavy (non-hydrogen) atoms. The Labute approximate surface area is 241 Å². The Balaban J connectivity index is 0.000000216. The van der Waals surface area contributed by atoms with Crippen LogP contribution < -0.4 is 5.32 Å². The van der Waals surface area contributed by atoms with Gasteiger partial charge in [0.2, 0.25) is 0 Å². The van der Waals surface area contributed by atoms with Crippen molar-refractivity contribution in [2.75, 3.05) is 13.2 Å². The number of aliphatic hydroxyl groups excluding tert-OH is 1. The molecule has 10 nitrogen and oxygen atoms in total. The van der Waals surface area contributed by atoms with E-state index in [1.807, 2.05) is 42.5 Å². The topological polar surface area (TPSA) is 155 Å². The zero-order chi connectivity index (χ0) is 30.1. The third kappa shape index (κ3) is 7.43. The van der Waals surface area contributed by atoms with Crippen molar-refractivity contribution in [3.63, 3.8) is 0 Å². The maximum Gasteiger partial charge on any atom is 0.335 e. The van der Waals surface area contributed by atoms with Gasteiger partial charge in [0, 0.05) is 18.7 Å². The van der Waals surface area contributed by atoms with E-state index in [9.17, 15) is 14.4 Å². The van der Waals surface area contributed by atoms with Crippen molar-refractivity contribution in [3.8, 4) is 11.1 Å². The molecule has 10 heteroatoms. The fraction of sp³-hybridized carbons (Fsp3) is 0.156. The predicted molar refractivity (Wildman–Crippen MR) is 158 cm³/mol. The lowest BCUT2D eigenvalue weighted by Crippen LogP contribution is -2.24. The third-order valence-corrected chi connectivity index (χ3v) is 6.50. The van der Waals surface area contributed by atoms with Crippen LogP contribution in [0.1, 0.15) is 48.6 Å². The molecular weight excluding hydrogens is 536 g/mol. The Hall–Kier alpha value is -5.35. The van der Waals surface area contributed by atoms with E-state index in [-0.39, 0.29) is 18.1 Å². The van der Waals surface area contributed by atoms with E-state index in [4.69, 9.17) is 15.3 Å². The van der Waals surface area contributed by atoms with Gasteiger partial charge in [-0.15, -0.1) is 5.10 Å². The lowest BCUT2D eigenvalue weighted by Gasteiger charge is -2.05. The molecular formula is C32H30N4O6. The van der Waals surface area contributed by atoms with Gasteiger partial charge in [-0.1, -0.05) is 59.8 Å². The molecule has 0 saturated heterocycles. The normalized spacial score (nSPS) is 10.5. The van der Waals surface area contributed by atoms with Gasteiger partial charge in [-0.05, 0) is 72.0 Å². The van der Waals surface area contributed by atoms with Gasteiger partial charge < -0.3 is 20.6 Å². The van der Waals surface area contributed by atoms with Gasteiger partial charge in [0.1, 0.15) is 5.52 Å². The summed E-state index contributed by atoms with van der Waals surface area (Å²) in [7, 11) is 0. The Morgan fingerprint density at radius 3 is 2.19 bits per heavy atom. The number of aliphatic hydroxyl groups is 1. The molecule has 1 heterocycles. The Morgan fingerprint density at radius 2 is 1.52 bits per heavy atom. The Kier molecular flexibility index (Phi) is 9.75. The van der Waals surface area contributed by atoms with Gasteiger partial charge in [0.25, 0.3) is 5.91 Å². The van der Waals surface area contributed by atoms with E-state index in [0.717, 1.165) is 27.8 Å². The average Bonchev–Trinajstić information content (AvgIpc) is 3.40. The highest BCUT2D eigenvalue weighted by atomic mass is 16.4. The number of aromatic nitrogens is 3. The molecule has 5 rings (SSSR count). The first-order valence-corrected chi connectivity index (χ1v) is 13.2. The minimum atomic E-state index is -0.965. The smallest absolute Gasteiger partial charge is 0.335 e. The molecule has 214 valence electrons. The summed E-state index contributed by atoms with van der Waals surface area (Å²) in [5.41, 5.74) is 6.10. The zero-order valence-electron chi connectivity index (χ0n) is 22.9. The molecule has 0 aliphatic carbocycles. The van der Waals surface area contributed by atoms with Gasteiger partial charge in [0.05, 0.1) is 23.2 Å². The number of carboxylic acid groups (broad SMARTS) is 2. The van der Waals surface area contributed by atoms with Crippen molar-refractivity contribution in [3.05, 3.63) is 119 Å². The number of carboxylic acids is 2. The van der Waals surface area contributed by atoms with Gasteiger partial charge in [-0.3, -0.25) is 4.79 Å². The molecule has 0 spiro atoms. The summed E-state index contributed by atoms with van der Waals surface area (Å²) in [5, 5.41) is 37.7. The van der Waals surface area contributed by atoms with Gasteiger partial charge in [-0.2, -0.15) is 0 Å². The molecule has 5 aromatic rings. The molecule has 4 N–H and O–H groups in total. The van der Waals surface area contributed by atoms with E-state index >= 15 is 0 Å². The van der Waals surface area contributed by atoms with E-state index in [2.05, 4.69) is 15.6 Å². The monoisotopic (exact) mass is 566 g/mol. The van der Waals surface area contributed by atoms with Crippen molar-refractivity contribution in [1.29, 1.82) is 0 Å². The lowest BCUT2D eigenvalue weighted by molar-refractivity contribution is 0.0685. The van der Waals surface area contributed by atoms with Crippen LogP contribution in [0, 0.1) is 6.92 Å². The van der Waals surface area contributed by atoms with E-state index < -0.39 is 11.9 Å². The van der Waals surface area contributed by atoms with Gasteiger partial charge >= 0.3 is 11.9 Å². The number of carbonyl (C=O) groups excluding carboxylic acids is 1. The summed E-state index contributed by atoms with van der Waals surface area (Å²) in [6.45, 7) is 2.68. The van der Waals surface area contributed by atoms with E-state index in [1.54, 1.807) is 60.1 Å². The summed E-state index contributed by atoms with van der Waals surface area (Å²) in [6, 6.07) is 27.0. The first-order chi connectivity index (χ1) is 20.3. The number of rotatable bonds is 9. The molecule has 0 atom stereocenters. The SMILES string of the molecule is Cc1ccc(-c2ccccc2)cc1C(=O)O.O=C(O)c1ccc(Cn2nnc3cc(C(=O)NCCCO)ccc32)cc1. The molecule has 1 aromatic heterocycles. The number of nitrogens with one attached hydrogen (secondary N) is 1. The van der Waals surface area contributed by atoms with Gasteiger partial charge in [0.15, 0.2) is 0 Å². The van der Waals surface area contributed by atoms with Crippen LogP contribution in [-0.4, -0.2) is 61.3 Å². The second-order valence-electron chi connectivity index (χ2n) is 9.49. The van der Waals surface area contributed by atoms with Crippen molar-refractivity contribution in [1.82, 2.24) is 20.3 Å². The Morgan fingerprint density at radius 1 is 0.810 bits per heavy atom. The van der Waals surface area contributed by atoms with Crippen molar-refractivity contribution in [2.45, 2.75) is 19.9 Å². The third-order valence-electron chi connectivity index (χ3n) is 6.50. The fourth-order valence-corrected chi connectivity index (χ4v) is 4.20. The van der Waals surface area contributed by atoms with Crippen LogP contribution in [0.3, 0.4) is 0 Å². The summed E-state index contributed by atoms with van der Waals surface area (Å²) >= 11 is 0. The largest absolute Gasteiger partial charge is 0.478 e. The quantitative estimate of drug-likeness (QED) is 0.188. The van der Waals surface area contributed by atoms with Crippen LogP contribution >= 0.6 is 0 Å². The molecule has 0 aliphatic heterocycles. The molecule has 0 radical (unpaired) electrons. The highest BCUT2D eigenvalue weighted by molar-refractivity contribution is 5.97. The highest BCUT2D eigenvalue weighted by Gasteiger charge is 2.11. The molecule has 1 amide bonds. The Bertz CT molecular complexity index is 1700. The zero-order valence-corrected chi connectivity index (χ0v) is 22.9. The average molecular weight is 567 g/mol. The molecule has 0 fully saturated rings. The maximum atomic E-state index is 12.1. The number of nitrogens with zero attached hydrogens (tertiary/aromatic N) is 3. The number of hydrogen-bond donors (Lipinski definition) is 4. The first kappa shape index (κ1) is 29.6. The molecule has 0 aliphatic rings. The number of fused-ring (bicyclic) bond motifs is 1. The van der Waals surface area contributed by atoms with E-state index in [1.165, 1.54) is 0 Å². The summed E-state index contributed by atoms with van der Waals surface area (Å²) in [6.07, 6.45) is 0.505. The van der Waals surface area contributed by atoms with Crippen LogP contribution in [0.5, 0.6) is 0 Å². The summed E-state index contributed by atoms with van der Waals surface area (Å²) in [4.78, 5) is 34.0. The number of carbonyl (C=O) groups is 3. The molecule has 0 saturated carbocycles. The van der Waals surface area contributed by atoms with Crippen LogP contribution in [0.25, 0.3) is 22.2 Å². The maximum absolute atomic E-state index is 12.1. The predicted octanol–water partition coefficient (Wildman–Crippen LogP) is 4.65. The number of benzene rings is 4. The number of amides is 1. The minimum Gasteiger partial charge on any atom is -0.478 e. The highest BCUT2D eigenvalue weighted by Crippen LogP contribution is 2.22. The van der Waals surface area contributed by atoms with Crippen molar-refractivity contribution in [2.24, 2.45) is 0 Å². The van der Waals surface area contributed by atoms with E-state index in [0.29, 0.717) is 36.2 Å². The number of hydrogen-bond acceptors (Lipinski definition) is 6. The van der Waals surface area contributed by atoms with Crippen LogP contribution in [0.4, 0.5) is 0 Å². The summed E-state index contributed by atoms with van der Waals surface area (Å²) < 4.78 is 1.69. The molecule has 0 bridgehead atoms. The lowest BCUT2D eigenvalue weighted by atomic mass is 10.00. The second-order valence-corrected chi connectivity index (χ2v) is 9.49. The van der Waals surface area contributed by atoms with Crippen LogP contribution in [0.15, 0.2) is 91.0 Å². The molecule has 0 unspecified atom stereocenters. The van der Waals surface area contributed by atoms with Gasteiger partial charge in [-0.25, -0.2) is 14.3 Å². The van der Waals surface area contributed by atoms with Crippen LogP contribution in [-0.2, 0) is 6.54 Å².